The van der Waals surface area contributed by atoms with E-state index in [1.54, 1.807) is 18.2 Å². The monoisotopic (exact) mass is 298 g/mol. The van der Waals surface area contributed by atoms with Crippen molar-refractivity contribution in [1.29, 1.82) is 0 Å². The molecule has 0 aliphatic carbocycles. The molecule has 0 unspecified atom stereocenters. The van der Waals surface area contributed by atoms with Crippen molar-refractivity contribution in [1.82, 2.24) is 9.78 Å². The minimum Gasteiger partial charge on any atom is -0.506 e. The molecule has 0 aliphatic heterocycles. The van der Waals surface area contributed by atoms with Crippen molar-refractivity contribution >= 4 is 5.97 Å². The van der Waals surface area contributed by atoms with Crippen molar-refractivity contribution in [3.05, 3.63) is 66.1 Å². The number of rotatable bonds is 3. The number of phenolic OH excluding ortho intramolecular Hbond substituents is 1. The first-order valence-corrected chi connectivity index (χ1v) is 6.44. The molecule has 0 saturated carbocycles. The number of hydrogen-bond acceptors (Lipinski definition) is 3. The van der Waals surface area contributed by atoms with Gasteiger partial charge >= 0.3 is 5.97 Å². The number of carbonyl (C=O) groups is 1. The fraction of sp³-hybridized carbons (Fsp3) is 0. The Morgan fingerprint density at radius 2 is 1.77 bits per heavy atom. The Bertz CT molecular complexity index is 841. The number of aromatic carboxylic acids is 1. The zero-order valence-electron chi connectivity index (χ0n) is 11.3. The number of nitrogens with zero attached hydrogens (tertiary/aromatic N) is 2. The molecule has 0 bridgehead atoms. The van der Waals surface area contributed by atoms with Crippen molar-refractivity contribution in [2.24, 2.45) is 0 Å². The summed E-state index contributed by atoms with van der Waals surface area (Å²) < 4.78 is 14.1. The summed E-state index contributed by atoms with van der Waals surface area (Å²) in [7, 11) is 0. The number of benzene rings is 2. The van der Waals surface area contributed by atoms with Gasteiger partial charge in [-0.25, -0.2) is 13.9 Å². The van der Waals surface area contributed by atoms with Crippen molar-refractivity contribution in [3.63, 3.8) is 0 Å². The molecule has 0 saturated heterocycles. The highest BCUT2D eigenvalue weighted by atomic mass is 19.1. The molecule has 2 aromatic carbocycles. The highest BCUT2D eigenvalue weighted by Gasteiger charge is 2.18. The number of para-hydroxylation sites is 2. The Labute approximate surface area is 124 Å². The van der Waals surface area contributed by atoms with Crippen LogP contribution in [0, 0.1) is 5.82 Å². The third-order valence-electron chi connectivity index (χ3n) is 3.18. The highest BCUT2D eigenvalue weighted by molar-refractivity contribution is 5.88. The Morgan fingerprint density at radius 1 is 1.09 bits per heavy atom. The van der Waals surface area contributed by atoms with Crippen LogP contribution in [0.15, 0.2) is 54.6 Å². The van der Waals surface area contributed by atoms with Gasteiger partial charge in [-0.05, 0) is 42.5 Å². The summed E-state index contributed by atoms with van der Waals surface area (Å²) in [5.41, 5.74) is 1.12. The number of hydrogen-bond donors (Lipinski definition) is 2. The van der Waals surface area contributed by atoms with E-state index in [9.17, 15) is 19.4 Å². The molecule has 110 valence electrons. The van der Waals surface area contributed by atoms with Crippen molar-refractivity contribution in [3.8, 4) is 22.7 Å². The average molecular weight is 298 g/mol. The summed E-state index contributed by atoms with van der Waals surface area (Å²) >= 11 is 0. The number of aromatic nitrogens is 2. The van der Waals surface area contributed by atoms with Gasteiger partial charge in [0.05, 0.1) is 5.69 Å². The molecule has 5 nitrogen and oxygen atoms in total. The summed E-state index contributed by atoms with van der Waals surface area (Å²) in [6.45, 7) is 0. The fourth-order valence-corrected chi connectivity index (χ4v) is 2.12. The van der Waals surface area contributed by atoms with Crippen LogP contribution in [-0.4, -0.2) is 26.0 Å². The van der Waals surface area contributed by atoms with Crippen LogP contribution in [0.5, 0.6) is 5.75 Å². The van der Waals surface area contributed by atoms with E-state index < -0.39 is 5.97 Å². The summed E-state index contributed by atoms with van der Waals surface area (Å²) in [6.07, 6.45) is 0. The van der Waals surface area contributed by atoms with E-state index in [-0.39, 0.29) is 22.9 Å². The third kappa shape index (κ3) is 2.42. The molecule has 6 heteroatoms. The number of carboxylic acids is 1. The molecule has 1 heterocycles. The van der Waals surface area contributed by atoms with Crippen molar-refractivity contribution in [2.45, 2.75) is 0 Å². The lowest BCUT2D eigenvalue weighted by Crippen LogP contribution is -2.07. The van der Waals surface area contributed by atoms with Crippen LogP contribution < -0.4 is 0 Å². The summed E-state index contributed by atoms with van der Waals surface area (Å²) in [5.74, 6) is -1.65. The minimum atomic E-state index is -1.18. The topological polar surface area (TPSA) is 75.3 Å². The van der Waals surface area contributed by atoms with Gasteiger partial charge in [0.1, 0.15) is 17.3 Å². The van der Waals surface area contributed by atoms with Gasteiger partial charge in [0.25, 0.3) is 0 Å². The zero-order valence-corrected chi connectivity index (χ0v) is 11.3. The average Bonchev–Trinajstić information content (AvgIpc) is 2.93. The predicted molar refractivity (Wildman–Crippen MR) is 77.6 cm³/mol. The lowest BCUT2D eigenvalue weighted by Gasteiger charge is -2.06. The van der Waals surface area contributed by atoms with Crippen LogP contribution in [0.3, 0.4) is 0 Å². The van der Waals surface area contributed by atoms with E-state index in [4.69, 9.17) is 0 Å². The van der Waals surface area contributed by atoms with E-state index in [0.717, 1.165) is 4.68 Å². The van der Waals surface area contributed by atoms with Gasteiger partial charge in [-0.15, -0.1) is 0 Å². The predicted octanol–water partition coefficient (Wildman–Crippen LogP) is 3.08. The Balaban J connectivity index is 2.17. The van der Waals surface area contributed by atoms with Crippen molar-refractivity contribution < 1.29 is 19.4 Å². The van der Waals surface area contributed by atoms with E-state index in [2.05, 4.69) is 5.10 Å². The van der Waals surface area contributed by atoms with E-state index in [0.29, 0.717) is 11.3 Å². The number of carboxylic acid groups (broad SMARTS) is 1. The molecule has 2 N–H and O–H groups in total. The minimum absolute atomic E-state index is 0.0845. The molecule has 0 aliphatic rings. The second-order valence-electron chi connectivity index (χ2n) is 4.63. The number of phenols is 1. The first kappa shape index (κ1) is 13.8. The number of halogens is 1. The molecule has 0 spiro atoms. The van der Waals surface area contributed by atoms with Gasteiger partial charge in [0, 0.05) is 5.56 Å². The molecule has 0 fully saturated rings. The van der Waals surface area contributed by atoms with Gasteiger partial charge in [-0.1, -0.05) is 12.1 Å². The smallest absolute Gasteiger partial charge is 0.354 e. The molecule has 3 aromatic rings. The van der Waals surface area contributed by atoms with Gasteiger partial charge in [-0.3, -0.25) is 0 Å². The van der Waals surface area contributed by atoms with Gasteiger partial charge in [0.15, 0.2) is 5.69 Å². The fourth-order valence-electron chi connectivity index (χ4n) is 2.12. The standard InChI is InChI=1S/C16H11FN2O3/c17-11-7-5-10(6-8-11)12-9-14(16(21)22)19(18-12)13-3-1-2-4-15(13)20/h1-9,20H,(H,21,22). The van der Waals surface area contributed by atoms with Gasteiger partial charge in [-0.2, -0.15) is 5.10 Å². The van der Waals surface area contributed by atoms with E-state index >= 15 is 0 Å². The van der Waals surface area contributed by atoms with Crippen molar-refractivity contribution in [2.75, 3.05) is 0 Å². The van der Waals surface area contributed by atoms with Crippen LogP contribution in [0.4, 0.5) is 4.39 Å². The van der Waals surface area contributed by atoms with Crippen LogP contribution in [-0.2, 0) is 0 Å². The lowest BCUT2D eigenvalue weighted by molar-refractivity contribution is 0.0687. The van der Waals surface area contributed by atoms with E-state index in [1.807, 2.05) is 0 Å². The van der Waals surface area contributed by atoms with E-state index in [1.165, 1.54) is 36.4 Å². The molecule has 22 heavy (non-hydrogen) atoms. The molecule has 0 amide bonds. The first-order chi connectivity index (χ1) is 10.6. The highest BCUT2D eigenvalue weighted by Crippen LogP contribution is 2.26. The maximum absolute atomic E-state index is 13.0. The lowest BCUT2D eigenvalue weighted by atomic mass is 10.1. The maximum atomic E-state index is 13.0. The van der Waals surface area contributed by atoms with Crippen LogP contribution >= 0.6 is 0 Å². The normalized spacial score (nSPS) is 10.6. The van der Waals surface area contributed by atoms with Gasteiger partial charge < -0.3 is 10.2 Å². The maximum Gasteiger partial charge on any atom is 0.354 e. The molecular weight excluding hydrogens is 287 g/mol. The quantitative estimate of drug-likeness (QED) is 0.779. The molecule has 3 rings (SSSR count). The van der Waals surface area contributed by atoms with Crippen LogP contribution in [0.25, 0.3) is 16.9 Å². The third-order valence-corrected chi connectivity index (χ3v) is 3.18. The summed E-state index contributed by atoms with van der Waals surface area (Å²) in [5, 5.41) is 23.4. The Kier molecular flexibility index (Phi) is 3.34. The SMILES string of the molecule is O=C(O)c1cc(-c2ccc(F)cc2)nn1-c1ccccc1O. The summed E-state index contributed by atoms with van der Waals surface area (Å²) in [6, 6.07) is 13.2. The van der Waals surface area contributed by atoms with Gasteiger partial charge in [0.2, 0.25) is 0 Å². The molecule has 0 radical (unpaired) electrons. The first-order valence-electron chi connectivity index (χ1n) is 6.44. The molecular formula is C16H11FN2O3. The molecule has 0 atom stereocenters. The second kappa shape index (κ2) is 5.33. The summed E-state index contributed by atoms with van der Waals surface area (Å²) in [4.78, 5) is 11.4. The largest absolute Gasteiger partial charge is 0.506 e. The van der Waals surface area contributed by atoms with Crippen LogP contribution in [0.1, 0.15) is 10.5 Å². The Morgan fingerprint density at radius 3 is 2.41 bits per heavy atom. The zero-order chi connectivity index (χ0) is 15.7. The second-order valence-corrected chi connectivity index (χ2v) is 4.63. The number of aromatic hydroxyl groups is 1. The Hall–Kier alpha value is -3.15. The molecule has 1 aromatic heterocycles. The van der Waals surface area contributed by atoms with Crippen LogP contribution in [0.2, 0.25) is 0 Å².